The minimum Gasteiger partial charge on any atom is -0.466 e. The lowest BCUT2D eigenvalue weighted by Gasteiger charge is -2.31. The van der Waals surface area contributed by atoms with Crippen LogP contribution in [-0.4, -0.2) is 37.1 Å². The Balaban J connectivity index is 2.11. The fraction of sp³-hybridized carbons (Fsp3) is 0.938. The molecule has 1 aliphatic rings. The molecule has 0 saturated carbocycles. The van der Waals surface area contributed by atoms with E-state index in [-0.39, 0.29) is 11.9 Å². The Bertz CT molecular complexity index is 243. The average molecular weight is 269 g/mol. The Hall–Kier alpha value is -0.570. The topological polar surface area (TPSA) is 29.5 Å². The van der Waals surface area contributed by atoms with E-state index in [1.165, 1.54) is 38.5 Å². The van der Waals surface area contributed by atoms with Crippen molar-refractivity contribution in [2.24, 2.45) is 5.92 Å². The standard InChI is InChI=1S/C16H31NO2/c1-3-5-6-7-8-9-12-17-13-10-11-15(14-17)16(18)19-4-2/h15H,3-14H2,1-2H3. The molecule has 0 N–H and O–H groups in total. The first-order valence-electron chi connectivity index (χ1n) is 8.16. The van der Waals surface area contributed by atoms with E-state index in [0.717, 1.165) is 32.5 Å². The summed E-state index contributed by atoms with van der Waals surface area (Å²) in [6, 6.07) is 0. The summed E-state index contributed by atoms with van der Waals surface area (Å²) in [7, 11) is 0. The summed E-state index contributed by atoms with van der Waals surface area (Å²) in [5, 5.41) is 0. The van der Waals surface area contributed by atoms with Crippen molar-refractivity contribution in [2.75, 3.05) is 26.2 Å². The molecule has 0 aromatic carbocycles. The van der Waals surface area contributed by atoms with Crippen LogP contribution in [0.15, 0.2) is 0 Å². The van der Waals surface area contributed by atoms with Crippen molar-refractivity contribution in [2.45, 2.75) is 65.2 Å². The van der Waals surface area contributed by atoms with Crippen LogP contribution in [0.4, 0.5) is 0 Å². The maximum atomic E-state index is 11.7. The number of rotatable bonds is 9. The molecule has 3 nitrogen and oxygen atoms in total. The fourth-order valence-corrected chi connectivity index (χ4v) is 2.83. The van der Waals surface area contributed by atoms with E-state index >= 15 is 0 Å². The van der Waals surface area contributed by atoms with Crippen LogP contribution in [0.3, 0.4) is 0 Å². The number of ether oxygens (including phenoxy) is 1. The van der Waals surface area contributed by atoms with Gasteiger partial charge in [-0.2, -0.15) is 0 Å². The van der Waals surface area contributed by atoms with Gasteiger partial charge in [0.1, 0.15) is 0 Å². The fourth-order valence-electron chi connectivity index (χ4n) is 2.83. The number of unbranched alkanes of at least 4 members (excludes halogenated alkanes) is 5. The number of hydrogen-bond donors (Lipinski definition) is 0. The molecule has 1 rings (SSSR count). The van der Waals surface area contributed by atoms with Crippen molar-refractivity contribution in [1.29, 1.82) is 0 Å². The van der Waals surface area contributed by atoms with Crippen molar-refractivity contribution in [3.8, 4) is 0 Å². The van der Waals surface area contributed by atoms with E-state index < -0.39 is 0 Å². The second-order valence-corrected chi connectivity index (χ2v) is 5.66. The van der Waals surface area contributed by atoms with Crippen LogP contribution in [0.2, 0.25) is 0 Å². The second kappa shape index (κ2) is 10.2. The third-order valence-electron chi connectivity index (χ3n) is 3.95. The van der Waals surface area contributed by atoms with Crippen LogP contribution >= 0.6 is 0 Å². The minimum absolute atomic E-state index is 0.00939. The number of likely N-dealkylation sites (tertiary alicyclic amines) is 1. The Morgan fingerprint density at radius 1 is 1.16 bits per heavy atom. The normalized spacial score (nSPS) is 20.4. The summed E-state index contributed by atoms with van der Waals surface area (Å²) in [6.45, 7) is 7.87. The first-order valence-corrected chi connectivity index (χ1v) is 8.16. The maximum Gasteiger partial charge on any atom is 0.310 e. The van der Waals surface area contributed by atoms with Gasteiger partial charge in [-0.15, -0.1) is 0 Å². The molecule has 0 radical (unpaired) electrons. The van der Waals surface area contributed by atoms with Gasteiger partial charge in [-0.05, 0) is 39.3 Å². The molecule has 1 atom stereocenters. The summed E-state index contributed by atoms with van der Waals surface area (Å²) < 4.78 is 5.13. The first kappa shape index (κ1) is 16.5. The highest BCUT2D eigenvalue weighted by molar-refractivity contribution is 5.72. The highest BCUT2D eigenvalue weighted by Gasteiger charge is 2.26. The van der Waals surface area contributed by atoms with Gasteiger partial charge >= 0.3 is 5.97 Å². The van der Waals surface area contributed by atoms with E-state index in [1.807, 2.05) is 6.92 Å². The van der Waals surface area contributed by atoms with E-state index in [2.05, 4.69) is 11.8 Å². The van der Waals surface area contributed by atoms with Gasteiger partial charge in [0.25, 0.3) is 0 Å². The van der Waals surface area contributed by atoms with Gasteiger partial charge in [-0.1, -0.05) is 39.0 Å². The zero-order chi connectivity index (χ0) is 13.9. The Morgan fingerprint density at radius 2 is 1.89 bits per heavy atom. The van der Waals surface area contributed by atoms with Crippen LogP contribution in [0.25, 0.3) is 0 Å². The van der Waals surface area contributed by atoms with Gasteiger partial charge < -0.3 is 9.64 Å². The molecule has 1 fully saturated rings. The van der Waals surface area contributed by atoms with Crippen LogP contribution < -0.4 is 0 Å². The zero-order valence-electron chi connectivity index (χ0n) is 12.8. The SMILES string of the molecule is CCCCCCCCN1CCCC(C(=O)OCC)C1. The van der Waals surface area contributed by atoms with Crippen LogP contribution in [-0.2, 0) is 9.53 Å². The second-order valence-electron chi connectivity index (χ2n) is 5.66. The van der Waals surface area contributed by atoms with Gasteiger partial charge in [-0.3, -0.25) is 4.79 Å². The van der Waals surface area contributed by atoms with E-state index in [9.17, 15) is 4.79 Å². The molecule has 112 valence electrons. The van der Waals surface area contributed by atoms with Gasteiger partial charge in [0.05, 0.1) is 12.5 Å². The molecule has 0 spiro atoms. The Kier molecular flexibility index (Phi) is 8.89. The average Bonchev–Trinajstić information content (AvgIpc) is 2.43. The number of piperidine rings is 1. The molecule has 1 unspecified atom stereocenters. The van der Waals surface area contributed by atoms with E-state index in [0.29, 0.717) is 6.61 Å². The monoisotopic (exact) mass is 269 g/mol. The zero-order valence-corrected chi connectivity index (χ0v) is 12.8. The molecule has 0 aromatic heterocycles. The Labute approximate surface area is 118 Å². The lowest BCUT2D eigenvalue weighted by atomic mass is 9.98. The largest absolute Gasteiger partial charge is 0.466 e. The van der Waals surface area contributed by atoms with Gasteiger partial charge in [0.15, 0.2) is 0 Å². The molecule has 0 aromatic rings. The molecular weight excluding hydrogens is 238 g/mol. The summed E-state index contributed by atoms with van der Waals surface area (Å²) >= 11 is 0. The molecular formula is C16H31NO2. The molecule has 3 heteroatoms. The van der Waals surface area contributed by atoms with Crippen LogP contribution in [0.5, 0.6) is 0 Å². The van der Waals surface area contributed by atoms with Crippen molar-refractivity contribution >= 4 is 5.97 Å². The summed E-state index contributed by atoms with van der Waals surface area (Å²) in [5.74, 6) is 0.129. The van der Waals surface area contributed by atoms with Crippen LogP contribution in [0.1, 0.15) is 65.2 Å². The van der Waals surface area contributed by atoms with Crippen molar-refractivity contribution in [1.82, 2.24) is 4.90 Å². The molecule has 1 saturated heterocycles. The molecule has 19 heavy (non-hydrogen) atoms. The highest BCUT2D eigenvalue weighted by atomic mass is 16.5. The molecule has 1 aliphatic heterocycles. The molecule has 0 amide bonds. The summed E-state index contributed by atoms with van der Waals surface area (Å²) in [4.78, 5) is 14.2. The summed E-state index contributed by atoms with van der Waals surface area (Å²) in [6.07, 6.45) is 10.2. The smallest absolute Gasteiger partial charge is 0.310 e. The van der Waals surface area contributed by atoms with Gasteiger partial charge in [0, 0.05) is 6.54 Å². The van der Waals surface area contributed by atoms with Gasteiger partial charge in [-0.25, -0.2) is 0 Å². The summed E-state index contributed by atoms with van der Waals surface area (Å²) in [5.41, 5.74) is 0. The third-order valence-corrected chi connectivity index (χ3v) is 3.95. The maximum absolute atomic E-state index is 11.7. The predicted octanol–water partition coefficient (Wildman–Crippen LogP) is 3.62. The number of nitrogens with zero attached hydrogens (tertiary/aromatic N) is 1. The van der Waals surface area contributed by atoms with Crippen molar-refractivity contribution in [3.63, 3.8) is 0 Å². The Morgan fingerprint density at radius 3 is 2.63 bits per heavy atom. The highest BCUT2D eigenvalue weighted by Crippen LogP contribution is 2.18. The van der Waals surface area contributed by atoms with Crippen molar-refractivity contribution < 1.29 is 9.53 Å². The quantitative estimate of drug-likeness (QED) is 0.473. The lowest BCUT2D eigenvalue weighted by Crippen LogP contribution is -2.39. The molecule has 0 aliphatic carbocycles. The van der Waals surface area contributed by atoms with Crippen molar-refractivity contribution in [3.05, 3.63) is 0 Å². The number of hydrogen-bond acceptors (Lipinski definition) is 3. The molecule has 0 bridgehead atoms. The number of carbonyl (C=O) groups excluding carboxylic acids is 1. The van der Waals surface area contributed by atoms with E-state index in [4.69, 9.17) is 4.74 Å². The number of carbonyl (C=O) groups is 1. The van der Waals surface area contributed by atoms with Gasteiger partial charge in [0.2, 0.25) is 0 Å². The van der Waals surface area contributed by atoms with Crippen LogP contribution in [0, 0.1) is 5.92 Å². The number of esters is 1. The predicted molar refractivity (Wildman–Crippen MR) is 79.2 cm³/mol. The van der Waals surface area contributed by atoms with E-state index in [1.54, 1.807) is 0 Å². The third kappa shape index (κ3) is 6.95. The lowest BCUT2D eigenvalue weighted by molar-refractivity contribution is -0.149. The minimum atomic E-state index is 0.00939. The first-order chi connectivity index (χ1) is 9.27. The molecule has 1 heterocycles.